The maximum absolute atomic E-state index is 12.0. The predicted molar refractivity (Wildman–Crippen MR) is 88.2 cm³/mol. The molecule has 0 aromatic heterocycles. The zero-order valence-electron chi connectivity index (χ0n) is 13.3. The van der Waals surface area contributed by atoms with Gasteiger partial charge in [-0.2, -0.15) is 8.42 Å². The first-order chi connectivity index (χ1) is 11.5. The summed E-state index contributed by atoms with van der Waals surface area (Å²) in [5, 5.41) is 10.6. The molecule has 0 radical (unpaired) electrons. The van der Waals surface area contributed by atoms with Crippen molar-refractivity contribution >= 4 is 15.8 Å². The Kier molecular flexibility index (Phi) is 6.89. The molecule has 0 spiro atoms. The van der Waals surface area contributed by atoms with Crippen molar-refractivity contribution in [1.82, 2.24) is 0 Å². The normalized spacial score (nSPS) is 18.8. The van der Waals surface area contributed by atoms with Crippen LogP contribution in [0.25, 0.3) is 0 Å². The van der Waals surface area contributed by atoms with Crippen LogP contribution in [0, 0.1) is 10.1 Å². The molecule has 0 saturated carbocycles. The molecule has 0 saturated heterocycles. The third-order valence-electron chi connectivity index (χ3n) is 3.73. The van der Waals surface area contributed by atoms with Crippen molar-refractivity contribution < 1.29 is 22.3 Å². The lowest BCUT2D eigenvalue weighted by Crippen LogP contribution is -2.18. The molecule has 132 valence electrons. The summed E-state index contributed by atoms with van der Waals surface area (Å²) in [5.41, 5.74) is -0.171. The fourth-order valence-electron chi connectivity index (χ4n) is 2.45. The minimum absolute atomic E-state index is 0.0777. The van der Waals surface area contributed by atoms with Crippen molar-refractivity contribution in [3.8, 4) is 0 Å². The zero-order valence-corrected chi connectivity index (χ0v) is 14.1. The fourth-order valence-corrected chi connectivity index (χ4v) is 3.35. The molecule has 1 unspecified atom stereocenters. The van der Waals surface area contributed by atoms with Crippen LogP contribution in [0.1, 0.15) is 32.1 Å². The molecule has 0 fully saturated rings. The number of hydrogen-bond donors (Lipinski definition) is 0. The number of allylic oxidation sites excluding steroid dienone is 2. The van der Waals surface area contributed by atoms with Crippen LogP contribution < -0.4 is 0 Å². The van der Waals surface area contributed by atoms with Gasteiger partial charge in [-0.1, -0.05) is 12.2 Å². The molecule has 1 aromatic rings. The van der Waals surface area contributed by atoms with Gasteiger partial charge < -0.3 is 4.74 Å². The van der Waals surface area contributed by atoms with Crippen LogP contribution in [-0.2, 0) is 19.0 Å². The van der Waals surface area contributed by atoms with E-state index in [2.05, 4.69) is 12.2 Å². The third kappa shape index (κ3) is 5.70. The highest BCUT2D eigenvalue weighted by molar-refractivity contribution is 7.86. The quantitative estimate of drug-likeness (QED) is 0.245. The molecule has 7 nitrogen and oxygen atoms in total. The van der Waals surface area contributed by atoms with Crippen molar-refractivity contribution in [3.05, 3.63) is 46.5 Å². The van der Waals surface area contributed by atoms with Crippen LogP contribution >= 0.6 is 0 Å². The van der Waals surface area contributed by atoms with Gasteiger partial charge in [-0.25, -0.2) is 0 Å². The van der Waals surface area contributed by atoms with E-state index in [-0.39, 0.29) is 29.9 Å². The van der Waals surface area contributed by atoms with Crippen LogP contribution in [0.15, 0.2) is 41.3 Å². The number of benzene rings is 1. The number of non-ortho nitro benzene ring substituents is 1. The first-order valence-electron chi connectivity index (χ1n) is 7.89. The minimum atomic E-state index is -3.93. The average molecular weight is 355 g/mol. The minimum Gasteiger partial charge on any atom is -0.376 e. The molecule has 1 aliphatic carbocycles. The summed E-state index contributed by atoms with van der Waals surface area (Å²) in [4.78, 5) is 9.88. The highest BCUT2D eigenvalue weighted by Gasteiger charge is 2.17. The Bertz CT molecular complexity index is 668. The van der Waals surface area contributed by atoms with Gasteiger partial charge in [-0.3, -0.25) is 14.3 Å². The van der Waals surface area contributed by atoms with E-state index in [1.165, 1.54) is 0 Å². The van der Waals surface area contributed by atoms with Gasteiger partial charge in [-0.05, 0) is 44.2 Å². The third-order valence-corrected chi connectivity index (χ3v) is 5.06. The van der Waals surface area contributed by atoms with Gasteiger partial charge in [-0.15, -0.1) is 0 Å². The van der Waals surface area contributed by atoms with Gasteiger partial charge in [0.1, 0.15) is 0 Å². The van der Waals surface area contributed by atoms with Crippen molar-refractivity contribution in [2.45, 2.75) is 43.1 Å². The smallest absolute Gasteiger partial charge is 0.297 e. The van der Waals surface area contributed by atoms with Crippen LogP contribution in [0.5, 0.6) is 0 Å². The van der Waals surface area contributed by atoms with Gasteiger partial charge >= 0.3 is 0 Å². The summed E-state index contributed by atoms with van der Waals surface area (Å²) < 4.78 is 34.6. The van der Waals surface area contributed by atoms with Gasteiger partial charge in [0.15, 0.2) is 0 Å². The van der Waals surface area contributed by atoms with Gasteiger partial charge in [0.05, 0.1) is 29.1 Å². The number of nitro groups is 1. The number of ether oxygens (including phenoxy) is 1. The van der Waals surface area contributed by atoms with E-state index in [4.69, 9.17) is 8.92 Å². The zero-order chi connectivity index (χ0) is 17.4. The van der Waals surface area contributed by atoms with E-state index in [1.54, 1.807) is 0 Å². The molecule has 1 aromatic carbocycles. The molecule has 8 heteroatoms. The molecule has 0 bridgehead atoms. The largest absolute Gasteiger partial charge is 0.376 e. The van der Waals surface area contributed by atoms with Gasteiger partial charge in [0.25, 0.3) is 15.8 Å². The first kappa shape index (κ1) is 18.6. The predicted octanol–water partition coefficient (Wildman–Crippen LogP) is 3.21. The lowest BCUT2D eigenvalue weighted by Gasteiger charge is -2.18. The van der Waals surface area contributed by atoms with Crippen molar-refractivity contribution in [3.63, 3.8) is 0 Å². The molecule has 0 N–H and O–H groups in total. The Balaban J connectivity index is 1.79. The van der Waals surface area contributed by atoms with E-state index < -0.39 is 15.0 Å². The van der Waals surface area contributed by atoms with Crippen molar-refractivity contribution in [2.75, 3.05) is 13.2 Å². The topological polar surface area (TPSA) is 95.7 Å². The van der Waals surface area contributed by atoms with E-state index >= 15 is 0 Å². The summed E-state index contributed by atoms with van der Waals surface area (Å²) in [6.45, 7) is 0.117. The number of nitro benzene ring substituents is 1. The summed E-state index contributed by atoms with van der Waals surface area (Å²) in [7, 11) is -3.93. The maximum Gasteiger partial charge on any atom is 0.297 e. The molecule has 0 heterocycles. The van der Waals surface area contributed by atoms with E-state index in [0.717, 1.165) is 56.4 Å². The lowest BCUT2D eigenvalue weighted by molar-refractivity contribution is -0.384. The Hall–Kier alpha value is -1.77. The molecule has 1 atom stereocenters. The average Bonchev–Trinajstić information content (AvgIpc) is 2.53. The molecule has 1 aliphatic rings. The summed E-state index contributed by atoms with van der Waals surface area (Å²) in [6, 6.07) is 4.59. The molecule has 0 amide bonds. The second kappa shape index (κ2) is 8.91. The summed E-state index contributed by atoms with van der Waals surface area (Å²) >= 11 is 0. The highest BCUT2D eigenvalue weighted by atomic mass is 32.2. The lowest BCUT2D eigenvalue weighted by atomic mass is 10.0. The number of hydrogen-bond acceptors (Lipinski definition) is 6. The fraction of sp³-hybridized carbons (Fsp3) is 0.500. The Morgan fingerprint density at radius 3 is 2.50 bits per heavy atom. The molecular formula is C16H21NO6S. The van der Waals surface area contributed by atoms with Gasteiger partial charge in [0.2, 0.25) is 0 Å². The highest BCUT2D eigenvalue weighted by Crippen LogP contribution is 2.18. The summed E-state index contributed by atoms with van der Waals surface area (Å²) in [5.74, 6) is 0. The van der Waals surface area contributed by atoms with Crippen LogP contribution in [0.4, 0.5) is 5.69 Å². The van der Waals surface area contributed by atoms with Gasteiger partial charge in [0, 0.05) is 12.1 Å². The van der Waals surface area contributed by atoms with Crippen molar-refractivity contribution in [1.29, 1.82) is 0 Å². The standard InChI is InChI=1S/C16H21NO6S/c18-17(19)14-8-10-16(11-9-14)24(20,21)23-13-12-22-15-6-4-2-1-3-5-7-15/h1-2,8-11,15H,3-7,12-13H2. The Labute approximate surface area is 141 Å². The molecular weight excluding hydrogens is 334 g/mol. The van der Waals surface area contributed by atoms with Crippen LogP contribution in [-0.4, -0.2) is 32.7 Å². The molecule has 2 rings (SSSR count). The second-order valence-corrected chi connectivity index (χ2v) is 7.11. The van der Waals surface area contributed by atoms with E-state index in [0.29, 0.717) is 0 Å². The van der Waals surface area contributed by atoms with E-state index in [1.807, 2.05) is 0 Å². The number of nitrogens with zero attached hydrogens (tertiary/aromatic N) is 1. The monoisotopic (exact) mass is 355 g/mol. The van der Waals surface area contributed by atoms with Crippen molar-refractivity contribution in [2.24, 2.45) is 0 Å². The maximum atomic E-state index is 12.0. The molecule has 0 aliphatic heterocycles. The van der Waals surface area contributed by atoms with E-state index in [9.17, 15) is 18.5 Å². The molecule has 24 heavy (non-hydrogen) atoms. The Morgan fingerprint density at radius 1 is 1.08 bits per heavy atom. The SMILES string of the molecule is O=[N+]([O-])c1ccc(S(=O)(=O)OCCOC2CCC=CCCC2)cc1. The first-order valence-corrected chi connectivity index (χ1v) is 9.30. The Morgan fingerprint density at radius 2 is 1.79 bits per heavy atom. The van der Waals surface area contributed by atoms with Crippen LogP contribution in [0.2, 0.25) is 0 Å². The second-order valence-electron chi connectivity index (χ2n) is 5.50. The summed E-state index contributed by atoms with van der Waals surface area (Å²) in [6.07, 6.45) is 9.40. The van der Waals surface area contributed by atoms with Crippen LogP contribution in [0.3, 0.4) is 0 Å². The number of rotatable bonds is 7.